The summed E-state index contributed by atoms with van der Waals surface area (Å²) in [4.78, 5) is 13.8. The third-order valence-corrected chi connectivity index (χ3v) is 3.34. The molecule has 1 fully saturated rings. The van der Waals surface area contributed by atoms with Crippen LogP contribution >= 0.6 is 0 Å². The van der Waals surface area contributed by atoms with E-state index in [4.69, 9.17) is 9.84 Å². The van der Waals surface area contributed by atoms with Gasteiger partial charge in [-0.1, -0.05) is 12.1 Å². The number of ether oxygens (including phenoxy) is 1. The maximum atomic E-state index is 12.1. The molecule has 0 radical (unpaired) electrons. The van der Waals surface area contributed by atoms with Gasteiger partial charge in [-0.15, -0.1) is 0 Å². The lowest BCUT2D eigenvalue weighted by molar-refractivity contribution is -0.134. The van der Waals surface area contributed by atoms with Gasteiger partial charge >= 0.3 is 0 Å². The fraction of sp³-hybridized carbons (Fsp3) is 0.533. The SMILES string of the molecule is Cc1ccc(C)c(OCC(=O)N(CCO)C2CC2)c1. The van der Waals surface area contributed by atoms with Gasteiger partial charge in [0.2, 0.25) is 0 Å². The molecule has 1 N–H and O–H groups in total. The van der Waals surface area contributed by atoms with Crippen molar-refractivity contribution in [1.82, 2.24) is 4.90 Å². The van der Waals surface area contributed by atoms with Gasteiger partial charge in [-0.3, -0.25) is 4.79 Å². The highest BCUT2D eigenvalue weighted by Gasteiger charge is 2.32. The summed E-state index contributed by atoms with van der Waals surface area (Å²) < 4.78 is 5.61. The van der Waals surface area contributed by atoms with Crippen LogP contribution in [0.1, 0.15) is 24.0 Å². The molecule has 1 aromatic carbocycles. The maximum Gasteiger partial charge on any atom is 0.260 e. The average Bonchev–Trinajstić information content (AvgIpc) is 3.21. The highest BCUT2D eigenvalue weighted by Crippen LogP contribution is 2.27. The van der Waals surface area contributed by atoms with E-state index in [0.717, 1.165) is 29.7 Å². The first-order chi connectivity index (χ1) is 9.11. The van der Waals surface area contributed by atoms with Crippen LogP contribution in [0, 0.1) is 13.8 Å². The molecule has 0 bridgehead atoms. The molecule has 1 saturated carbocycles. The van der Waals surface area contributed by atoms with Gasteiger partial charge in [-0.05, 0) is 43.9 Å². The first kappa shape index (κ1) is 13.9. The fourth-order valence-electron chi connectivity index (χ4n) is 2.09. The average molecular weight is 263 g/mol. The number of hydrogen-bond acceptors (Lipinski definition) is 3. The fourth-order valence-corrected chi connectivity index (χ4v) is 2.09. The summed E-state index contributed by atoms with van der Waals surface area (Å²) in [6, 6.07) is 6.26. The number of carbonyl (C=O) groups is 1. The Bertz CT molecular complexity index is 455. The van der Waals surface area contributed by atoms with Crippen LogP contribution < -0.4 is 4.74 Å². The Balaban J connectivity index is 1.93. The number of benzene rings is 1. The van der Waals surface area contributed by atoms with Crippen LogP contribution in [0.4, 0.5) is 0 Å². The lowest BCUT2D eigenvalue weighted by Crippen LogP contribution is -2.38. The Morgan fingerprint density at radius 2 is 2.16 bits per heavy atom. The van der Waals surface area contributed by atoms with E-state index in [1.165, 1.54) is 0 Å². The van der Waals surface area contributed by atoms with E-state index in [1.807, 2.05) is 32.0 Å². The molecule has 4 heteroatoms. The zero-order chi connectivity index (χ0) is 13.8. The van der Waals surface area contributed by atoms with Gasteiger partial charge in [0.15, 0.2) is 6.61 Å². The van der Waals surface area contributed by atoms with Crippen molar-refractivity contribution in [2.45, 2.75) is 32.7 Å². The number of amides is 1. The van der Waals surface area contributed by atoms with Gasteiger partial charge < -0.3 is 14.7 Å². The van der Waals surface area contributed by atoms with Gasteiger partial charge in [0.05, 0.1) is 6.61 Å². The lowest BCUT2D eigenvalue weighted by Gasteiger charge is -2.21. The topological polar surface area (TPSA) is 49.8 Å². The van der Waals surface area contributed by atoms with E-state index in [1.54, 1.807) is 4.90 Å². The van der Waals surface area contributed by atoms with Crippen LogP contribution in [0.2, 0.25) is 0 Å². The standard InChI is InChI=1S/C15H21NO3/c1-11-3-4-12(2)14(9-11)19-10-15(18)16(7-8-17)13-5-6-13/h3-4,9,13,17H,5-8,10H2,1-2H3. The second kappa shape index (κ2) is 6.06. The molecule has 0 unspecified atom stereocenters. The summed E-state index contributed by atoms with van der Waals surface area (Å²) in [6.07, 6.45) is 2.07. The first-order valence-electron chi connectivity index (χ1n) is 6.72. The normalized spacial score (nSPS) is 14.3. The number of aliphatic hydroxyl groups excluding tert-OH is 1. The molecule has 0 aliphatic heterocycles. The molecule has 104 valence electrons. The van der Waals surface area contributed by atoms with Crippen LogP contribution in [-0.2, 0) is 4.79 Å². The zero-order valence-corrected chi connectivity index (χ0v) is 11.6. The Hall–Kier alpha value is -1.55. The first-order valence-corrected chi connectivity index (χ1v) is 6.72. The van der Waals surface area contributed by atoms with Gasteiger partial charge in [0.1, 0.15) is 5.75 Å². The third kappa shape index (κ3) is 3.70. The van der Waals surface area contributed by atoms with Crippen LogP contribution in [0.5, 0.6) is 5.75 Å². The summed E-state index contributed by atoms with van der Waals surface area (Å²) in [7, 11) is 0. The summed E-state index contributed by atoms with van der Waals surface area (Å²) >= 11 is 0. The number of aryl methyl sites for hydroxylation is 2. The quantitative estimate of drug-likeness (QED) is 0.849. The van der Waals surface area contributed by atoms with E-state index in [-0.39, 0.29) is 19.1 Å². The molecule has 4 nitrogen and oxygen atoms in total. The van der Waals surface area contributed by atoms with Crippen molar-refractivity contribution in [2.75, 3.05) is 19.8 Å². The number of nitrogens with zero attached hydrogens (tertiary/aromatic N) is 1. The molecule has 0 spiro atoms. The minimum Gasteiger partial charge on any atom is -0.483 e. The molecule has 1 amide bonds. The second-order valence-corrected chi connectivity index (χ2v) is 5.10. The summed E-state index contributed by atoms with van der Waals surface area (Å²) in [6.45, 7) is 4.41. The molecule has 0 saturated heterocycles. The highest BCUT2D eigenvalue weighted by molar-refractivity contribution is 5.78. The van der Waals surface area contributed by atoms with Gasteiger partial charge in [-0.2, -0.15) is 0 Å². The summed E-state index contributed by atoms with van der Waals surface area (Å²) in [5.41, 5.74) is 2.14. The van der Waals surface area contributed by atoms with Crippen molar-refractivity contribution < 1.29 is 14.6 Å². The van der Waals surface area contributed by atoms with Crippen LogP contribution in [0.25, 0.3) is 0 Å². The second-order valence-electron chi connectivity index (χ2n) is 5.10. The minimum atomic E-state index is -0.0440. The van der Waals surface area contributed by atoms with Crippen LogP contribution in [0.15, 0.2) is 18.2 Å². The van der Waals surface area contributed by atoms with E-state index >= 15 is 0 Å². The molecule has 1 aliphatic rings. The van der Waals surface area contributed by atoms with Crippen molar-refractivity contribution in [3.8, 4) is 5.75 Å². The predicted octanol–water partition coefficient (Wildman–Crippen LogP) is 1.67. The van der Waals surface area contributed by atoms with E-state index in [0.29, 0.717) is 12.6 Å². The molecule has 0 atom stereocenters. The van der Waals surface area contributed by atoms with Crippen molar-refractivity contribution >= 4 is 5.91 Å². The number of hydrogen-bond donors (Lipinski definition) is 1. The Morgan fingerprint density at radius 1 is 1.42 bits per heavy atom. The summed E-state index contributed by atoms with van der Waals surface area (Å²) in [5, 5.41) is 8.99. The van der Waals surface area contributed by atoms with E-state index in [2.05, 4.69) is 0 Å². The Morgan fingerprint density at radius 3 is 2.79 bits per heavy atom. The van der Waals surface area contributed by atoms with Crippen molar-refractivity contribution in [3.05, 3.63) is 29.3 Å². The molecular weight excluding hydrogens is 242 g/mol. The number of rotatable bonds is 6. The van der Waals surface area contributed by atoms with E-state index in [9.17, 15) is 4.79 Å². The number of carbonyl (C=O) groups excluding carboxylic acids is 1. The lowest BCUT2D eigenvalue weighted by atomic mass is 10.1. The molecule has 2 rings (SSSR count). The van der Waals surface area contributed by atoms with E-state index < -0.39 is 0 Å². The van der Waals surface area contributed by atoms with Gasteiger partial charge in [0.25, 0.3) is 5.91 Å². The monoisotopic (exact) mass is 263 g/mol. The van der Waals surface area contributed by atoms with Crippen molar-refractivity contribution in [1.29, 1.82) is 0 Å². The smallest absolute Gasteiger partial charge is 0.260 e. The summed E-state index contributed by atoms with van der Waals surface area (Å²) in [5.74, 6) is 0.713. The van der Waals surface area contributed by atoms with Crippen molar-refractivity contribution in [2.24, 2.45) is 0 Å². The zero-order valence-electron chi connectivity index (χ0n) is 11.6. The van der Waals surface area contributed by atoms with Gasteiger partial charge in [-0.25, -0.2) is 0 Å². The molecule has 1 aromatic rings. The van der Waals surface area contributed by atoms with Crippen LogP contribution in [-0.4, -0.2) is 41.7 Å². The molecule has 0 aromatic heterocycles. The molecule has 1 aliphatic carbocycles. The highest BCUT2D eigenvalue weighted by atomic mass is 16.5. The minimum absolute atomic E-state index is 0.00567. The largest absolute Gasteiger partial charge is 0.483 e. The molecule has 0 heterocycles. The van der Waals surface area contributed by atoms with Crippen molar-refractivity contribution in [3.63, 3.8) is 0 Å². The third-order valence-electron chi connectivity index (χ3n) is 3.34. The number of aliphatic hydroxyl groups is 1. The van der Waals surface area contributed by atoms with Gasteiger partial charge in [0, 0.05) is 12.6 Å². The molecular formula is C15H21NO3. The predicted molar refractivity (Wildman–Crippen MR) is 73.2 cm³/mol. The Kier molecular flexibility index (Phi) is 4.43. The molecule has 19 heavy (non-hydrogen) atoms. The Labute approximate surface area is 114 Å². The van der Waals surface area contributed by atoms with Crippen LogP contribution in [0.3, 0.4) is 0 Å². The maximum absolute atomic E-state index is 12.1.